The van der Waals surface area contributed by atoms with Gasteiger partial charge < -0.3 is 20.3 Å². The smallest absolute Gasteiger partial charge is 0.251 e. The van der Waals surface area contributed by atoms with Crippen LogP contribution < -0.4 is 10.6 Å². The molecule has 0 aromatic heterocycles. The number of halogens is 1. The molecule has 1 saturated carbocycles. The first-order chi connectivity index (χ1) is 12.6. The standard InChI is InChI=1S/C19H29BrN4O2/c1-21-19(24(2)11-12-26-14-15-7-8-15)23-10-4-9-22-18(25)16-5-3-6-17(20)13-16/h3,5-6,13,15H,4,7-12,14H2,1-2H3,(H,21,23)(H,22,25). The number of guanidine groups is 1. The summed E-state index contributed by atoms with van der Waals surface area (Å²) in [6.45, 7) is 3.78. The molecule has 0 saturated heterocycles. The highest BCUT2D eigenvalue weighted by atomic mass is 79.9. The van der Waals surface area contributed by atoms with Crippen LogP contribution in [0.1, 0.15) is 29.6 Å². The third-order valence-electron chi connectivity index (χ3n) is 4.20. The van der Waals surface area contributed by atoms with Gasteiger partial charge in [-0.2, -0.15) is 0 Å². The fraction of sp³-hybridized carbons (Fsp3) is 0.579. The zero-order valence-corrected chi connectivity index (χ0v) is 17.2. The van der Waals surface area contributed by atoms with Crippen molar-refractivity contribution >= 4 is 27.8 Å². The van der Waals surface area contributed by atoms with Crippen molar-refractivity contribution in [2.45, 2.75) is 19.3 Å². The third-order valence-corrected chi connectivity index (χ3v) is 4.70. The molecule has 2 N–H and O–H groups in total. The fourth-order valence-corrected chi connectivity index (χ4v) is 2.85. The van der Waals surface area contributed by atoms with E-state index in [0.717, 1.165) is 49.1 Å². The highest BCUT2D eigenvalue weighted by molar-refractivity contribution is 9.10. The maximum atomic E-state index is 12.1. The van der Waals surface area contributed by atoms with Crippen molar-refractivity contribution in [3.8, 4) is 0 Å². The fourth-order valence-electron chi connectivity index (χ4n) is 2.45. The number of benzene rings is 1. The average molecular weight is 425 g/mol. The number of nitrogens with zero attached hydrogens (tertiary/aromatic N) is 2. The van der Waals surface area contributed by atoms with Crippen molar-refractivity contribution in [2.75, 3.05) is 46.9 Å². The van der Waals surface area contributed by atoms with Crippen molar-refractivity contribution in [1.29, 1.82) is 0 Å². The van der Waals surface area contributed by atoms with Crippen LogP contribution in [0.5, 0.6) is 0 Å². The van der Waals surface area contributed by atoms with E-state index < -0.39 is 0 Å². The number of carbonyl (C=O) groups excluding carboxylic acids is 1. The van der Waals surface area contributed by atoms with E-state index in [1.54, 1.807) is 13.1 Å². The zero-order chi connectivity index (χ0) is 18.8. The molecule has 0 spiro atoms. The number of amides is 1. The Morgan fingerprint density at radius 2 is 2.12 bits per heavy atom. The summed E-state index contributed by atoms with van der Waals surface area (Å²) in [5.41, 5.74) is 0.661. The summed E-state index contributed by atoms with van der Waals surface area (Å²) in [4.78, 5) is 18.4. The maximum absolute atomic E-state index is 12.1. The van der Waals surface area contributed by atoms with E-state index in [1.807, 2.05) is 25.2 Å². The molecule has 0 atom stereocenters. The van der Waals surface area contributed by atoms with Gasteiger partial charge in [-0.25, -0.2) is 0 Å². The average Bonchev–Trinajstić information content (AvgIpc) is 3.45. The summed E-state index contributed by atoms with van der Waals surface area (Å²) in [5, 5.41) is 6.25. The Hall–Kier alpha value is -1.60. The minimum Gasteiger partial charge on any atom is -0.379 e. The summed E-state index contributed by atoms with van der Waals surface area (Å²) in [6, 6.07) is 7.38. The molecule has 0 unspecified atom stereocenters. The summed E-state index contributed by atoms with van der Waals surface area (Å²) in [6.07, 6.45) is 3.46. The monoisotopic (exact) mass is 424 g/mol. The molecule has 144 valence electrons. The van der Waals surface area contributed by atoms with Gasteiger partial charge in [-0.1, -0.05) is 22.0 Å². The first-order valence-corrected chi connectivity index (χ1v) is 9.92. The Morgan fingerprint density at radius 1 is 1.35 bits per heavy atom. The minimum atomic E-state index is -0.0550. The first-order valence-electron chi connectivity index (χ1n) is 9.13. The quantitative estimate of drug-likeness (QED) is 0.344. The van der Waals surface area contributed by atoms with Crippen molar-refractivity contribution in [2.24, 2.45) is 10.9 Å². The van der Waals surface area contributed by atoms with Crippen LogP contribution in [0.3, 0.4) is 0 Å². The number of nitrogens with one attached hydrogen (secondary N) is 2. The third kappa shape index (κ3) is 7.74. The lowest BCUT2D eigenvalue weighted by Crippen LogP contribution is -2.41. The number of likely N-dealkylation sites (N-methyl/N-ethyl adjacent to an activating group) is 1. The molecule has 26 heavy (non-hydrogen) atoms. The predicted octanol–water partition coefficient (Wildman–Crippen LogP) is 2.50. The van der Waals surface area contributed by atoms with Crippen LogP contribution in [0.15, 0.2) is 33.7 Å². The summed E-state index contributed by atoms with van der Waals surface area (Å²) >= 11 is 3.38. The second-order valence-electron chi connectivity index (χ2n) is 6.53. The molecular formula is C19H29BrN4O2. The molecule has 0 aliphatic heterocycles. The van der Waals surface area contributed by atoms with Crippen LogP contribution in [-0.4, -0.2) is 63.7 Å². The molecular weight excluding hydrogens is 396 g/mol. The van der Waals surface area contributed by atoms with E-state index in [9.17, 15) is 4.79 Å². The molecule has 2 rings (SSSR count). The van der Waals surface area contributed by atoms with Gasteiger partial charge in [-0.15, -0.1) is 0 Å². The van der Waals surface area contributed by atoms with Gasteiger partial charge in [0.1, 0.15) is 0 Å². The second kappa shape index (κ2) is 11.2. The summed E-state index contributed by atoms with van der Waals surface area (Å²) < 4.78 is 6.57. The Bertz CT molecular complexity index is 605. The van der Waals surface area contributed by atoms with Gasteiger partial charge in [0.15, 0.2) is 5.96 Å². The van der Waals surface area contributed by atoms with Gasteiger partial charge >= 0.3 is 0 Å². The number of hydrogen-bond donors (Lipinski definition) is 2. The second-order valence-corrected chi connectivity index (χ2v) is 7.45. The lowest BCUT2D eigenvalue weighted by molar-refractivity contribution is 0.0953. The largest absolute Gasteiger partial charge is 0.379 e. The highest BCUT2D eigenvalue weighted by Gasteiger charge is 2.21. The molecule has 1 aliphatic rings. The molecule has 7 heteroatoms. The van der Waals surface area contributed by atoms with E-state index in [0.29, 0.717) is 12.1 Å². The molecule has 1 aromatic rings. The van der Waals surface area contributed by atoms with E-state index in [-0.39, 0.29) is 5.91 Å². The summed E-state index contributed by atoms with van der Waals surface area (Å²) in [5.74, 6) is 1.59. The first kappa shape index (κ1) is 20.7. The molecule has 6 nitrogen and oxygen atoms in total. The van der Waals surface area contributed by atoms with Crippen molar-refractivity contribution < 1.29 is 9.53 Å². The van der Waals surface area contributed by atoms with Crippen molar-refractivity contribution in [3.05, 3.63) is 34.3 Å². The van der Waals surface area contributed by atoms with Gasteiger partial charge in [0.2, 0.25) is 0 Å². The number of aliphatic imine (C=N–C) groups is 1. The van der Waals surface area contributed by atoms with E-state index in [2.05, 4.69) is 36.5 Å². The Kier molecular flexibility index (Phi) is 8.91. The number of rotatable bonds is 10. The van der Waals surface area contributed by atoms with E-state index in [4.69, 9.17) is 4.74 Å². The predicted molar refractivity (Wildman–Crippen MR) is 109 cm³/mol. The zero-order valence-electron chi connectivity index (χ0n) is 15.6. The molecule has 0 bridgehead atoms. The number of carbonyl (C=O) groups is 1. The molecule has 0 heterocycles. The lowest BCUT2D eigenvalue weighted by Gasteiger charge is -2.22. The van der Waals surface area contributed by atoms with Crippen LogP contribution in [0.4, 0.5) is 0 Å². The Balaban J connectivity index is 1.57. The SMILES string of the molecule is CN=C(NCCCNC(=O)c1cccc(Br)c1)N(C)CCOCC1CC1. The van der Waals surface area contributed by atoms with Crippen LogP contribution in [0.25, 0.3) is 0 Å². The molecule has 1 amide bonds. The Labute approximate surface area is 164 Å². The van der Waals surface area contributed by atoms with E-state index in [1.165, 1.54) is 12.8 Å². The molecule has 1 aliphatic carbocycles. The van der Waals surface area contributed by atoms with Crippen LogP contribution in [-0.2, 0) is 4.74 Å². The van der Waals surface area contributed by atoms with Gasteiger partial charge in [-0.3, -0.25) is 9.79 Å². The molecule has 1 aromatic carbocycles. The Morgan fingerprint density at radius 3 is 2.81 bits per heavy atom. The van der Waals surface area contributed by atoms with Gasteiger partial charge in [0, 0.05) is 50.4 Å². The normalized spacial score (nSPS) is 14.2. The van der Waals surface area contributed by atoms with E-state index >= 15 is 0 Å². The number of ether oxygens (including phenoxy) is 1. The summed E-state index contributed by atoms with van der Waals surface area (Å²) in [7, 11) is 3.78. The molecule has 0 radical (unpaired) electrons. The highest BCUT2D eigenvalue weighted by Crippen LogP contribution is 2.28. The topological polar surface area (TPSA) is 66.0 Å². The van der Waals surface area contributed by atoms with Crippen molar-refractivity contribution in [3.63, 3.8) is 0 Å². The van der Waals surface area contributed by atoms with Gasteiger partial charge in [0.25, 0.3) is 5.91 Å². The van der Waals surface area contributed by atoms with Gasteiger partial charge in [0.05, 0.1) is 6.61 Å². The number of hydrogen-bond acceptors (Lipinski definition) is 3. The maximum Gasteiger partial charge on any atom is 0.251 e. The van der Waals surface area contributed by atoms with Crippen molar-refractivity contribution in [1.82, 2.24) is 15.5 Å². The van der Waals surface area contributed by atoms with Crippen LogP contribution >= 0.6 is 15.9 Å². The van der Waals surface area contributed by atoms with Crippen LogP contribution in [0, 0.1) is 5.92 Å². The van der Waals surface area contributed by atoms with Crippen LogP contribution in [0.2, 0.25) is 0 Å². The lowest BCUT2D eigenvalue weighted by atomic mass is 10.2. The van der Waals surface area contributed by atoms with Gasteiger partial charge in [-0.05, 0) is 43.4 Å². The minimum absolute atomic E-state index is 0.0550. The molecule has 1 fully saturated rings.